The van der Waals surface area contributed by atoms with Crippen molar-refractivity contribution < 1.29 is 18.9 Å². The number of thioether (sulfide) groups is 1. The van der Waals surface area contributed by atoms with Crippen LogP contribution in [0.3, 0.4) is 0 Å². The van der Waals surface area contributed by atoms with Gasteiger partial charge in [0.05, 0.1) is 6.61 Å². The van der Waals surface area contributed by atoms with Gasteiger partial charge in [-0.25, -0.2) is 0 Å². The van der Waals surface area contributed by atoms with Gasteiger partial charge in [0.1, 0.15) is 18.3 Å². The highest BCUT2D eigenvalue weighted by atomic mass is 32.2. The first-order chi connectivity index (χ1) is 11.3. The van der Waals surface area contributed by atoms with Gasteiger partial charge in [0.25, 0.3) is 0 Å². The van der Waals surface area contributed by atoms with E-state index >= 15 is 0 Å². The summed E-state index contributed by atoms with van der Waals surface area (Å²) in [6.45, 7) is 0.867. The lowest BCUT2D eigenvalue weighted by Gasteiger charge is -2.41. The van der Waals surface area contributed by atoms with Crippen molar-refractivity contribution in [2.24, 2.45) is 5.92 Å². The second-order valence-corrected chi connectivity index (χ2v) is 9.09. The Morgan fingerprint density at radius 1 is 1.00 bits per heavy atom. The van der Waals surface area contributed by atoms with Crippen LogP contribution in [0.25, 0.3) is 0 Å². The van der Waals surface area contributed by atoms with Gasteiger partial charge in [-0.15, -0.1) is 11.8 Å². The van der Waals surface area contributed by atoms with E-state index in [1.54, 1.807) is 0 Å². The number of ether oxygens (including phenoxy) is 4. The molecule has 5 heterocycles. The van der Waals surface area contributed by atoms with Crippen LogP contribution in [0.1, 0.15) is 38.5 Å². The standard InChI is InChI=1S/C17H25NO4S/c1-2-4-17(5-3-1)21-15-14-13(20-16(15)22-17)12-10(7-19-14)6-11-8-23-9-18(11)12/h10-16H,1-9H2/t10-,11-,12-,13+,14-,15+,16+/m0/s1. The molecule has 0 bridgehead atoms. The van der Waals surface area contributed by atoms with E-state index in [1.165, 1.54) is 31.4 Å². The van der Waals surface area contributed by atoms with Gasteiger partial charge < -0.3 is 18.9 Å². The van der Waals surface area contributed by atoms with E-state index in [9.17, 15) is 0 Å². The van der Waals surface area contributed by atoms with E-state index in [4.69, 9.17) is 18.9 Å². The zero-order valence-corrected chi connectivity index (χ0v) is 14.2. The lowest BCUT2D eigenvalue weighted by molar-refractivity contribution is -0.260. The summed E-state index contributed by atoms with van der Waals surface area (Å²) in [7, 11) is 0. The second kappa shape index (κ2) is 5.08. The molecule has 0 aromatic carbocycles. The lowest BCUT2D eigenvalue weighted by Crippen LogP contribution is -2.55. The number of fused-ring (bicyclic) bond motifs is 7. The van der Waals surface area contributed by atoms with Crippen LogP contribution in [0.2, 0.25) is 0 Å². The first-order valence-corrected chi connectivity index (χ1v) is 10.4. The van der Waals surface area contributed by atoms with Crippen molar-refractivity contribution in [1.29, 1.82) is 0 Å². The highest BCUT2D eigenvalue weighted by molar-refractivity contribution is 7.99. The number of hydrogen-bond acceptors (Lipinski definition) is 6. The van der Waals surface area contributed by atoms with E-state index < -0.39 is 0 Å². The molecule has 1 spiro atoms. The van der Waals surface area contributed by atoms with Crippen molar-refractivity contribution >= 4 is 11.8 Å². The Morgan fingerprint density at radius 2 is 1.91 bits per heavy atom. The maximum atomic E-state index is 6.45. The average molecular weight is 339 g/mol. The molecule has 7 atom stereocenters. The maximum Gasteiger partial charge on any atom is 0.190 e. The Bertz CT molecular complexity index is 499. The van der Waals surface area contributed by atoms with Crippen LogP contribution in [-0.2, 0) is 18.9 Å². The molecule has 0 N–H and O–H groups in total. The predicted octanol–water partition coefficient (Wildman–Crippen LogP) is 1.95. The molecule has 0 radical (unpaired) electrons. The van der Waals surface area contributed by atoms with Crippen molar-refractivity contribution in [3.63, 3.8) is 0 Å². The SMILES string of the molecule is C1CCC2(CC1)O[C@H]1O[C@H]3[C@H](OC[C@@H]4C[C@H]5CSCN5[C@@H]43)[C@H]1O2. The van der Waals surface area contributed by atoms with Crippen LogP contribution in [0.15, 0.2) is 0 Å². The summed E-state index contributed by atoms with van der Waals surface area (Å²) < 4.78 is 25.4. The van der Waals surface area contributed by atoms with Gasteiger partial charge >= 0.3 is 0 Å². The third kappa shape index (κ3) is 1.99. The summed E-state index contributed by atoms with van der Waals surface area (Å²) in [5.74, 6) is 2.68. The van der Waals surface area contributed by atoms with Crippen molar-refractivity contribution in [1.82, 2.24) is 4.90 Å². The van der Waals surface area contributed by atoms with E-state index in [0.29, 0.717) is 12.0 Å². The summed E-state index contributed by atoms with van der Waals surface area (Å²) in [6.07, 6.45) is 6.95. The maximum absolute atomic E-state index is 6.45. The summed E-state index contributed by atoms with van der Waals surface area (Å²) in [5, 5.41) is 0. The van der Waals surface area contributed by atoms with Crippen molar-refractivity contribution in [2.75, 3.05) is 18.2 Å². The van der Waals surface area contributed by atoms with Gasteiger partial charge in [0.2, 0.25) is 0 Å². The number of hydrogen-bond donors (Lipinski definition) is 0. The van der Waals surface area contributed by atoms with Crippen molar-refractivity contribution in [3.8, 4) is 0 Å². The summed E-state index contributed by atoms with van der Waals surface area (Å²) in [5.41, 5.74) is 0. The van der Waals surface area contributed by atoms with Crippen LogP contribution in [0.5, 0.6) is 0 Å². The number of rotatable bonds is 0. The zero-order chi connectivity index (χ0) is 15.0. The van der Waals surface area contributed by atoms with Gasteiger partial charge in [0.15, 0.2) is 12.1 Å². The van der Waals surface area contributed by atoms with E-state index in [2.05, 4.69) is 16.7 Å². The quantitative estimate of drug-likeness (QED) is 0.672. The molecule has 6 heteroatoms. The molecular weight excluding hydrogens is 314 g/mol. The molecular formula is C17H25NO4S. The van der Waals surface area contributed by atoms with Gasteiger partial charge in [0, 0.05) is 42.5 Å². The summed E-state index contributed by atoms with van der Waals surface area (Å²) >= 11 is 2.06. The third-order valence-electron chi connectivity index (χ3n) is 6.80. The molecule has 6 rings (SSSR count). The summed E-state index contributed by atoms with van der Waals surface area (Å²) in [4.78, 5) is 2.67. The Kier molecular flexibility index (Phi) is 3.17. The molecule has 0 aromatic heterocycles. The molecule has 5 aliphatic heterocycles. The van der Waals surface area contributed by atoms with E-state index in [-0.39, 0.29) is 30.4 Å². The summed E-state index contributed by atoms with van der Waals surface area (Å²) in [6, 6.07) is 1.24. The Balaban J connectivity index is 1.25. The predicted molar refractivity (Wildman–Crippen MR) is 85.0 cm³/mol. The minimum atomic E-state index is -0.375. The highest BCUT2D eigenvalue weighted by Gasteiger charge is 2.64. The van der Waals surface area contributed by atoms with E-state index in [1.807, 2.05) is 0 Å². The average Bonchev–Trinajstić information content (AvgIpc) is 3.26. The number of nitrogens with zero attached hydrogens (tertiary/aromatic N) is 1. The molecule has 1 aliphatic carbocycles. The Labute approximate surface area is 141 Å². The Hall–Kier alpha value is 0.150. The van der Waals surface area contributed by atoms with Gasteiger partial charge in [-0.1, -0.05) is 6.42 Å². The first-order valence-electron chi connectivity index (χ1n) is 9.29. The van der Waals surface area contributed by atoms with Crippen molar-refractivity contribution in [3.05, 3.63) is 0 Å². The van der Waals surface area contributed by atoms with Crippen LogP contribution < -0.4 is 0 Å². The molecule has 23 heavy (non-hydrogen) atoms. The minimum absolute atomic E-state index is 0.0200. The Morgan fingerprint density at radius 3 is 2.83 bits per heavy atom. The first kappa shape index (κ1) is 14.3. The van der Waals surface area contributed by atoms with Crippen molar-refractivity contribution in [2.45, 2.75) is 81.0 Å². The monoisotopic (exact) mass is 339 g/mol. The fourth-order valence-corrected chi connectivity index (χ4v) is 7.09. The minimum Gasteiger partial charge on any atom is -0.372 e. The van der Waals surface area contributed by atoms with E-state index in [0.717, 1.165) is 31.4 Å². The largest absolute Gasteiger partial charge is 0.372 e. The molecule has 6 fully saturated rings. The second-order valence-electron chi connectivity index (χ2n) is 8.09. The smallest absolute Gasteiger partial charge is 0.190 e. The molecule has 1 saturated carbocycles. The zero-order valence-electron chi connectivity index (χ0n) is 13.4. The molecule has 0 amide bonds. The molecule has 5 nitrogen and oxygen atoms in total. The topological polar surface area (TPSA) is 40.2 Å². The van der Waals surface area contributed by atoms with Crippen LogP contribution in [0, 0.1) is 5.92 Å². The molecule has 6 aliphatic rings. The van der Waals surface area contributed by atoms with Crippen LogP contribution >= 0.6 is 11.8 Å². The van der Waals surface area contributed by atoms with Crippen LogP contribution in [0.4, 0.5) is 0 Å². The van der Waals surface area contributed by atoms with Gasteiger partial charge in [-0.2, -0.15) is 0 Å². The third-order valence-corrected chi connectivity index (χ3v) is 7.91. The molecule has 128 valence electrons. The normalized spacial score (nSPS) is 54.0. The fraction of sp³-hybridized carbons (Fsp3) is 1.00. The lowest BCUT2D eigenvalue weighted by atomic mass is 9.89. The molecule has 0 unspecified atom stereocenters. The van der Waals surface area contributed by atoms with Gasteiger partial charge in [-0.05, 0) is 19.3 Å². The van der Waals surface area contributed by atoms with Crippen LogP contribution in [-0.4, -0.2) is 65.6 Å². The molecule has 5 saturated heterocycles. The highest BCUT2D eigenvalue weighted by Crippen LogP contribution is 2.51. The molecule has 0 aromatic rings. The fourth-order valence-electron chi connectivity index (χ4n) is 5.79. The van der Waals surface area contributed by atoms with Gasteiger partial charge in [-0.3, -0.25) is 4.90 Å².